The summed E-state index contributed by atoms with van der Waals surface area (Å²) in [6.45, 7) is 0.347. The predicted octanol–water partition coefficient (Wildman–Crippen LogP) is 5.89. The first-order chi connectivity index (χ1) is 13.6. The van der Waals surface area contributed by atoms with Crippen LogP contribution in [0.25, 0.3) is 0 Å². The van der Waals surface area contributed by atoms with E-state index in [0.717, 1.165) is 16.8 Å². The van der Waals surface area contributed by atoms with Gasteiger partial charge in [-0.2, -0.15) is 5.10 Å². The fraction of sp³-hybridized carbons (Fsp3) is 0.0476. The molecular weight excluding hydrogens is 413 g/mol. The van der Waals surface area contributed by atoms with Gasteiger partial charge in [-0.15, -0.1) is 0 Å². The number of rotatable bonds is 6. The van der Waals surface area contributed by atoms with E-state index in [9.17, 15) is 0 Å². The SMILES string of the molecule is S=C(N/N=C\c1cccc(OCc2ccc(Cl)cc2Cl)c1)Nc1ccccc1. The largest absolute Gasteiger partial charge is 0.489 e. The van der Waals surface area contributed by atoms with Gasteiger partial charge in [0, 0.05) is 21.3 Å². The topological polar surface area (TPSA) is 45.7 Å². The van der Waals surface area contributed by atoms with Crippen LogP contribution in [0.3, 0.4) is 0 Å². The van der Waals surface area contributed by atoms with Gasteiger partial charge < -0.3 is 10.1 Å². The predicted molar refractivity (Wildman–Crippen MR) is 121 cm³/mol. The second kappa shape index (κ2) is 10.1. The van der Waals surface area contributed by atoms with Crippen molar-refractivity contribution < 1.29 is 4.74 Å². The summed E-state index contributed by atoms with van der Waals surface area (Å²) in [7, 11) is 0. The number of halogens is 2. The minimum atomic E-state index is 0.347. The summed E-state index contributed by atoms with van der Waals surface area (Å²) in [5, 5.41) is 8.78. The van der Waals surface area contributed by atoms with Crippen LogP contribution in [0, 0.1) is 0 Å². The minimum absolute atomic E-state index is 0.347. The van der Waals surface area contributed by atoms with Crippen LogP contribution in [0.2, 0.25) is 10.0 Å². The Labute approximate surface area is 179 Å². The molecule has 0 heterocycles. The number of hydrogen-bond acceptors (Lipinski definition) is 3. The van der Waals surface area contributed by atoms with Crippen molar-refractivity contribution in [2.45, 2.75) is 6.61 Å². The van der Waals surface area contributed by atoms with E-state index < -0.39 is 0 Å². The zero-order chi connectivity index (χ0) is 19.8. The fourth-order valence-corrected chi connectivity index (χ4v) is 2.96. The lowest BCUT2D eigenvalue weighted by atomic mass is 10.2. The lowest BCUT2D eigenvalue weighted by Gasteiger charge is -2.09. The second-order valence-electron chi connectivity index (χ2n) is 5.79. The van der Waals surface area contributed by atoms with Gasteiger partial charge in [-0.3, -0.25) is 5.43 Å². The number of benzene rings is 3. The van der Waals surface area contributed by atoms with E-state index in [-0.39, 0.29) is 0 Å². The molecule has 142 valence electrons. The van der Waals surface area contributed by atoms with Crippen molar-refractivity contribution in [1.82, 2.24) is 5.43 Å². The Hall–Kier alpha value is -2.60. The third-order valence-corrected chi connectivity index (χ3v) is 4.46. The van der Waals surface area contributed by atoms with Crippen LogP contribution in [0.4, 0.5) is 5.69 Å². The average Bonchev–Trinajstić information content (AvgIpc) is 2.68. The lowest BCUT2D eigenvalue weighted by molar-refractivity contribution is 0.306. The van der Waals surface area contributed by atoms with Gasteiger partial charge in [0.25, 0.3) is 0 Å². The summed E-state index contributed by atoms with van der Waals surface area (Å²) in [6, 6.07) is 22.5. The number of nitrogens with zero attached hydrogens (tertiary/aromatic N) is 1. The Kier molecular flexibility index (Phi) is 7.25. The number of anilines is 1. The summed E-state index contributed by atoms with van der Waals surface area (Å²) < 4.78 is 5.81. The first-order valence-electron chi connectivity index (χ1n) is 8.42. The van der Waals surface area contributed by atoms with Crippen molar-refractivity contribution >= 4 is 52.4 Å². The summed E-state index contributed by atoms with van der Waals surface area (Å²) in [6.07, 6.45) is 1.67. The van der Waals surface area contributed by atoms with Crippen molar-refractivity contribution in [2.75, 3.05) is 5.32 Å². The van der Waals surface area contributed by atoms with Gasteiger partial charge in [-0.25, -0.2) is 0 Å². The Morgan fingerprint density at radius 1 is 1.00 bits per heavy atom. The smallest absolute Gasteiger partial charge is 0.191 e. The number of ether oxygens (including phenoxy) is 1. The van der Waals surface area contributed by atoms with Crippen LogP contribution < -0.4 is 15.5 Å². The van der Waals surface area contributed by atoms with Crippen molar-refractivity contribution in [3.63, 3.8) is 0 Å². The van der Waals surface area contributed by atoms with E-state index in [1.54, 1.807) is 18.3 Å². The molecule has 0 fully saturated rings. The van der Waals surface area contributed by atoms with E-state index in [4.69, 9.17) is 40.2 Å². The van der Waals surface area contributed by atoms with E-state index in [2.05, 4.69) is 15.8 Å². The van der Waals surface area contributed by atoms with Gasteiger partial charge in [0.15, 0.2) is 5.11 Å². The average molecular weight is 430 g/mol. The summed E-state index contributed by atoms with van der Waals surface area (Å²) in [5.41, 5.74) is 5.42. The molecule has 0 saturated heterocycles. The summed E-state index contributed by atoms with van der Waals surface area (Å²) in [5.74, 6) is 0.708. The van der Waals surface area contributed by atoms with Crippen molar-refractivity contribution in [2.24, 2.45) is 5.10 Å². The third kappa shape index (κ3) is 6.23. The molecule has 0 aliphatic rings. The van der Waals surface area contributed by atoms with E-state index >= 15 is 0 Å². The van der Waals surface area contributed by atoms with Crippen molar-refractivity contribution in [3.8, 4) is 5.75 Å². The van der Waals surface area contributed by atoms with E-state index in [1.165, 1.54) is 0 Å². The van der Waals surface area contributed by atoms with Gasteiger partial charge in [0.05, 0.1) is 6.21 Å². The molecule has 0 aliphatic carbocycles. The standard InChI is InChI=1S/C21H17Cl2N3OS/c22-17-10-9-16(20(23)12-17)14-27-19-8-4-5-15(11-19)13-24-26-21(28)25-18-6-2-1-3-7-18/h1-13H,14H2,(H2,25,26,28)/b24-13-. The lowest BCUT2D eigenvalue weighted by Crippen LogP contribution is -2.23. The quantitative estimate of drug-likeness (QED) is 0.291. The highest BCUT2D eigenvalue weighted by Gasteiger charge is 2.03. The molecular formula is C21H17Cl2N3OS. The molecule has 7 heteroatoms. The number of hydrazone groups is 1. The molecule has 0 aromatic heterocycles. The van der Waals surface area contributed by atoms with Gasteiger partial charge in [-0.1, -0.05) is 59.6 Å². The second-order valence-corrected chi connectivity index (χ2v) is 7.04. The molecule has 3 aromatic rings. The molecule has 28 heavy (non-hydrogen) atoms. The number of hydrogen-bond donors (Lipinski definition) is 2. The number of para-hydroxylation sites is 1. The van der Waals surface area contributed by atoms with Crippen LogP contribution >= 0.6 is 35.4 Å². The van der Waals surface area contributed by atoms with Gasteiger partial charge in [0.1, 0.15) is 12.4 Å². The van der Waals surface area contributed by atoms with Crippen LogP contribution in [-0.2, 0) is 6.61 Å². The molecule has 4 nitrogen and oxygen atoms in total. The molecule has 0 amide bonds. The Morgan fingerprint density at radius 3 is 2.61 bits per heavy atom. The number of thiocarbonyl (C=S) groups is 1. The first-order valence-corrected chi connectivity index (χ1v) is 9.58. The highest BCUT2D eigenvalue weighted by atomic mass is 35.5. The molecule has 2 N–H and O–H groups in total. The molecule has 0 atom stereocenters. The van der Waals surface area contributed by atoms with Crippen molar-refractivity contribution in [1.29, 1.82) is 0 Å². The zero-order valence-electron chi connectivity index (χ0n) is 14.7. The molecule has 0 spiro atoms. The maximum atomic E-state index is 6.17. The highest BCUT2D eigenvalue weighted by Crippen LogP contribution is 2.23. The third-order valence-electron chi connectivity index (χ3n) is 3.68. The Morgan fingerprint density at radius 2 is 1.82 bits per heavy atom. The molecule has 0 radical (unpaired) electrons. The fourth-order valence-electron chi connectivity index (χ4n) is 2.33. The van der Waals surface area contributed by atoms with Gasteiger partial charge in [0.2, 0.25) is 0 Å². The molecule has 0 aliphatic heterocycles. The van der Waals surface area contributed by atoms with Crippen LogP contribution in [-0.4, -0.2) is 11.3 Å². The Bertz CT molecular complexity index is 980. The zero-order valence-corrected chi connectivity index (χ0v) is 17.1. The molecule has 3 rings (SSSR count). The minimum Gasteiger partial charge on any atom is -0.489 e. The maximum Gasteiger partial charge on any atom is 0.191 e. The van der Waals surface area contributed by atoms with Crippen molar-refractivity contribution in [3.05, 3.63) is 94.0 Å². The van der Waals surface area contributed by atoms with Crippen LogP contribution in [0.15, 0.2) is 77.9 Å². The Balaban J connectivity index is 1.54. The monoisotopic (exact) mass is 429 g/mol. The summed E-state index contributed by atoms with van der Waals surface area (Å²) >= 11 is 17.3. The van der Waals surface area contributed by atoms with Crippen LogP contribution in [0.1, 0.15) is 11.1 Å². The maximum absolute atomic E-state index is 6.17. The molecule has 0 saturated carbocycles. The molecule has 0 unspecified atom stereocenters. The van der Waals surface area contributed by atoms with Gasteiger partial charge >= 0.3 is 0 Å². The highest BCUT2D eigenvalue weighted by molar-refractivity contribution is 7.80. The molecule has 0 bridgehead atoms. The number of nitrogens with one attached hydrogen (secondary N) is 2. The molecule has 3 aromatic carbocycles. The van der Waals surface area contributed by atoms with E-state index in [1.807, 2.05) is 60.7 Å². The normalized spacial score (nSPS) is 10.6. The van der Waals surface area contributed by atoms with E-state index in [0.29, 0.717) is 27.5 Å². The van der Waals surface area contributed by atoms with Crippen LogP contribution in [0.5, 0.6) is 5.75 Å². The first kappa shape index (κ1) is 20.1. The van der Waals surface area contributed by atoms with Gasteiger partial charge in [-0.05, 0) is 54.2 Å². The summed E-state index contributed by atoms with van der Waals surface area (Å²) in [4.78, 5) is 0.